The number of benzene rings is 6. The van der Waals surface area contributed by atoms with E-state index in [0.29, 0.717) is 11.5 Å². The summed E-state index contributed by atoms with van der Waals surface area (Å²) in [5, 5.41) is 10.4. The van der Waals surface area contributed by atoms with E-state index in [9.17, 15) is 0 Å². The van der Waals surface area contributed by atoms with Crippen molar-refractivity contribution < 1.29 is 4.42 Å². The van der Waals surface area contributed by atoms with E-state index in [1.807, 2.05) is 24.3 Å². The Morgan fingerprint density at radius 1 is 0.578 bits per heavy atom. The first kappa shape index (κ1) is 25.4. The highest BCUT2D eigenvalue weighted by atomic mass is 16.3. The molecule has 2 aromatic heterocycles. The molecule has 0 spiro atoms. The van der Waals surface area contributed by atoms with Crippen LogP contribution < -0.4 is 5.32 Å². The zero-order chi connectivity index (χ0) is 29.7. The highest BCUT2D eigenvalue weighted by molar-refractivity contribution is 6.21. The van der Waals surface area contributed by atoms with Gasteiger partial charge in [0.15, 0.2) is 5.84 Å². The summed E-state index contributed by atoms with van der Waals surface area (Å²) >= 11 is 0. The molecule has 1 atom stereocenters. The van der Waals surface area contributed by atoms with Gasteiger partial charge in [-0.15, -0.1) is 0 Å². The molecule has 0 aliphatic carbocycles. The Hall–Kier alpha value is -6.07. The van der Waals surface area contributed by atoms with Crippen LogP contribution in [-0.4, -0.2) is 16.7 Å². The average Bonchev–Trinajstić information content (AvgIpc) is 3.50. The van der Waals surface area contributed by atoms with Crippen LogP contribution in [0.3, 0.4) is 0 Å². The van der Waals surface area contributed by atoms with E-state index in [1.54, 1.807) is 6.20 Å². The molecular formula is C40H26N4O. The lowest BCUT2D eigenvalue weighted by atomic mass is 9.99. The van der Waals surface area contributed by atoms with Gasteiger partial charge >= 0.3 is 0 Å². The van der Waals surface area contributed by atoms with E-state index in [1.165, 1.54) is 21.7 Å². The SMILES string of the molecule is c1ccc2cc(C3=NC(c4cccc5oc6ncccc6c45)=NC(c4ccc(-c5ccc6ccccc6c5)cc4)N3)ccc2c1. The van der Waals surface area contributed by atoms with E-state index < -0.39 is 0 Å². The smallest absolute Gasteiger partial charge is 0.227 e. The summed E-state index contributed by atoms with van der Waals surface area (Å²) in [6, 6.07) is 48.5. The largest absolute Gasteiger partial charge is 0.438 e. The fourth-order valence-corrected chi connectivity index (χ4v) is 6.30. The lowest BCUT2D eigenvalue weighted by Gasteiger charge is -2.24. The van der Waals surface area contributed by atoms with E-state index in [2.05, 4.69) is 126 Å². The maximum atomic E-state index is 6.11. The Kier molecular flexibility index (Phi) is 5.81. The average molecular weight is 579 g/mol. The highest BCUT2D eigenvalue weighted by Crippen LogP contribution is 2.33. The molecule has 0 amide bonds. The number of pyridine rings is 1. The Labute approximate surface area is 259 Å². The van der Waals surface area contributed by atoms with Gasteiger partial charge in [0.05, 0.1) is 0 Å². The molecule has 5 heteroatoms. The number of nitrogens with one attached hydrogen (secondary N) is 1. The van der Waals surface area contributed by atoms with Crippen LogP contribution in [0.25, 0.3) is 54.7 Å². The number of nitrogens with zero attached hydrogens (tertiary/aromatic N) is 3. The van der Waals surface area contributed by atoms with Crippen LogP contribution in [0.2, 0.25) is 0 Å². The minimum atomic E-state index is -0.337. The quantitative estimate of drug-likeness (QED) is 0.226. The third-order valence-electron chi connectivity index (χ3n) is 8.59. The van der Waals surface area contributed by atoms with Crippen LogP contribution >= 0.6 is 0 Å². The second kappa shape index (κ2) is 10.3. The number of aromatic nitrogens is 1. The van der Waals surface area contributed by atoms with Gasteiger partial charge in [0.1, 0.15) is 17.6 Å². The van der Waals surface area contributed by atoms with Gasteiger partial charge in [-0.25, -0.2) is 15.0 Å². The molecule has 0 fully saturated rings. The molecule has 0 bridgehead atoms. The fraction of sp³-hybridized carbons (Fsp3) is 0.0250. The van der Waals surface area contributed by atoms with Gasteiger partial charge in [-0.05, 0) is 68.6 Å². The normalized spacial score (nSPS) is 14.9. The Morgan fingerprint density at radius 3 is 2.04 bits per heavy atom. The van der Waals surface area contributed by atoms with Crippen LogP contribution in [-0.2, 0) is 0 Å². The zero-order valence-electron chi connectivity index (χ0n) is 24.2. The van der Waals surface area contributed by atoms with Crippen LogP contribution in [0.5, 0.6) is 0 Å². The van der Waals surface area contributed by atoms with E-state index in [4.69, 9.17) is 14.4 Å². The summed E-state index contributed by atoms with van der Waals surface area (Å²) in [6.07, 6.45) is 1.41. The third kappa shape index (κ3) is 4.45. The summed E-state index contributed by atoms with van der Waals surface area (Å²) in [5.41, 5.74) is 6.69. The van der Waals surface area contributed by atoms with Gasteiger partial charge in [0.2, 0.25) is 5.71 Å². The Bertz CT molecular complexity index is 2470. The lowest BCUT2D eigenvalue weighted by Crippen LogP contribution is -2.33. The number of hydrogen-bond acceptors (Lipinski definition) is 5. The summed E-state index contributed by atoms with van der Waals surface area (Å²) in [5.74, 6) is 1.43. The molecule has 9 rings (SSSR count). The molecule has 6 aromatic carbocycles. The zero-order valence-corrected chi connectivity index (χ0v) is 24.2. The van der Waals surface area contributed by atoms with Gasteiger partial charge in [-0.1, -0.05) is 109 Å². The molecule has 45 heavy (non-hydrogen) atoms. The van der Waals surface area contributed by atoms with Gasteiger partial charge in [0, 0.05) is 28.1 Å². The summed E-state index contributed by atoms with van der Waals surface area (Å²) in [7, 11) is 0. The molecule has 1 N–H and O–H groups in total. The number of amidine groups is 2. The monoisotopic (exact) mass is 578 g/mol. The number of hydrogen-bond donors (Lipinski definition) is 1. The van der Waals surface area contributed by atoms with Crippen molar-refractivity contribution in [3.05, 3.63) is 162 Å². The molecule has 1 aliphatic heterocycles. The molecule has 0 radical (unpaired) electrons. The van der Waals surface area contributed by atoms with Crippen molar-refractivity contribution in [1.82, 2.24) is 10.3 Å². The number of aliphatic imine (C=N–C) groups is 2. The second-order valence-corrected chi connectivity index (χ2v) is 11.3. The second-order valence-electron chi connectivity index (χ2n) is 11.3. The first-order valence-corrected chi connectivity index (χ1v) is 15.0. The number of furan rings is 1. The molecule has 1 aliphatic rings. The fourth-order valence-electron chi connectivity index (χ4n) is 6.30. The molecule has 3 heterocycles. The van der Waals surface area contributed by atoms with Gasteiger partial charge in [-0.2, -0.15) is 0 Å². The minimum Gasteiger partial charge on any atom is -0.438 e. The third-order valence-corrected chi connectivity index (χ3v) is 8.59. The molecule has 0 saturated heterocycles. The maximum Gasteiger partial charge on any atom is 0.227 e. The molecule has 1 unspecified atom stereocenters. The molecule has 8 aromatic rings. The van der Waals surface area contributed by atoms with Crippen molar-refractivity contribution in [2.75, 3.05) is 0 Å². The van der Waals surface area contributed by atoms with Crippen molar-refractivity contribution in [3.63, 3.8) is 0 Å². The maximum absolute atomic E-state index is 6.11. The summed E-state index contributed by atoms with van der Waals surface area (Å²) in [4.78, 5) is 14.8. The lowest BCUT2D eigenvalue weighted by molar-refractivity contribution is 0.654. The Morgan fingerprint density at radius 2 is 1.27 bits per heavy atom. The van der Waals surface area contributed by atoms with Crippen LogP contribution in [0.15, 0.2) is 160 Å². The van der Waals surface area contributed by atoms with E-state index >= 15 is 0 Å². The van der Waals surface area contributed by atoms with Gasteiger partial charge in [0.25, 0.3) is 0 Å². The predicted octanol–water partition coefficient (Wildman–Crippen LogP) is 9.45. The standard InChI is InChI=1S/C40H26N4O/c1-3-9-29-23-31(20-16-25(29)7-1)27-14-18-28(19-15-27)37-42-38(32-21-17-26-8-2-4-10-30(26)24-32)44-39(43-37)33-11-5-13-35-36(33)34-12-6-22-41-40(34)45-35/h1-24,37H,(H,42,43,44). The summed E-state index contributed by atoms with van der Waals surface area (Å²) < 4.78 is 6.11. The topological polar surface area (TPSA) is 62.8 Å². The minimum absolute atomic E-state index is 0.337. The molecule has 0 saturated carbocycles. The van der Waals surface area contributed by atoms with Crippen molar-refractivity contribution in [3.8, 4) is 11.1 Å². The van der Waals surface area contributed by atoms with E-state index in [-0.39, 0.29) is 6.17 Å². The molecular weight excluding hydrogens is 552 g/mol. The molecule has 5 nitrogen and oxygen atoms in total. The summed E-state index contributed by atoms with van der Waals surface area (Å²) in [6.45, 7) is 0. The van der Waals surface area contributed by atoms with Gasteiger partial charge in [-0.3, -0.25) is 0 Å². The first-order valence-electron chi connectivity index (χ1n) is 15.0. The van der Waals surface area contributed by atoms with Crippen molar-refractivity contribution >= 4 is 55.3 Å². The van der Waals surface area contributed by atoms with Crippen molar-refractivity contribution in [2.24, 2.45) is 9.98 Å². The van der Waals surface area contributed by atoms with Gasteiger partial charge < -0.3 is 9.73 Å². The number of fused-ring (bicyclic) bond motifs is 5. The van der Waals surface area contributed by atoms with Crippen molar-refractivity contribution in [2.45, 2.75) is 6.17 Å². The van der Waals surface area contributed by atoms with Crippen LogP contribution in [0, 0.1) is 0 Å². The number of rotatable bonds is 4. The first-order chi connectivity index (χ1) is 22.3. The van der Waals surface area contributed by atoms with Crippen molar-refractivity contribution in [1.29, 1.82) is 0 Å². The van der Waals surface area contributed by atoms with Crippen LogP contribution in [0.4, 0.5) is 0 Å². The van der Waals surface area contributed by atoms with E-state index in [0.717, 1.165) is 49.8 Å². The Balaban J connectivity index is 1.16. The molecule has 212 valence electrons. The predicted molar refractivity (Wildman–Crippen MR) is 184 cm³/mol. The highest BCUT2D eigenvalue weighted by Gasteiger charge is 2.24. The van der Waals surface area contributed by atoms with Crippen LogP contribution in [0.1, 0.15) is 22.9 Å².